The number of aliphatic hydroxyl groups is 6. The Kier molecular flexibility index (Phi) is 23.4. The van der Waals surface area contributed by atoms with Gasteiger partial charge in [0.25, 0.3) is 0 Å². The molecule has 0 aromatic carbocycles. The summed E-state index contributed by atoms with van der Waals surface area (Å²) in [6, 6.07) is 0. The van der Waals surface area contributed by atoms with Gasteiger partial charge >= 0.3 is 0 Å². The van der Waals surface area contributed by atoms with Crippen LogP contribution in [0.4, 0.5) is 0 Å². The zero-order valence-corrected chi connectivity index (χ0v) is 10.7. The highest BCUT2D eigenvalue weighted by atomic mass is 16.6. The van der Waals surface area contributed by atoms with E-state index >= 15 is 0 Å². The minimum atomic E-state index is -0.757. The van der Waals surface area contributed by atoms with E-state index < -0.39 is 18.5 Å². The molecule has 0 spiro atoms. The van der Waals surface area contributed by atoms with Crippen molar-refractivity contribution in [1.82, 2.24) is 0 Å². The topological polar surface area (TPSA) is 131 Å². The lowest BCUT2D eigenvalue weighted by atomic mass is 10.5. The van der Waals surface area contributed by atoms with E-state index in [1.165, 1.54) is 20.8 Å². The van der Waals surface area contributed by atoms with E-state index in [0.29, 0.717) is 0 Å². The monoisotopic (exact) mass is 258 g/mol. The van der Waals surface area contributed by atoms with Crippen molar-refractivity contribution in [3.8, 4) is 0 Å². The van der Waals surface area contributed by atoms with Gasteiger partial charge in [0, 0.05) is 0 Å². The smallest absolute Gasteiger partial charge is 0.151 e. The van der Waals surface area contributed by atoms with E-state index in [2.05, 4.69) is 4.74 Å². The molecule has 0 aliphatic carbocycles. The van der Waals surface area contributed by atoms with Crippen LogP contribution in [-0.4, -0.2) is 75.6 Å². The molecule has 0 saturated heterocycles. The summed E-state index contributed by atoms with van der Waals surface area (Å²) in [6.45, 7) is 4.44. The van der Waals surface area contributed by atoms with E-state index in [-0.39, 0.29) is 26.4 Å². The van der Waals surface area contributed by atoms with E-state index in [4.69, 9.17) is 30.6 Å². The molecule has 3 atom stereocenters. The highest BCUT2D eigenvalue weighted by Crippen LogP contribution is 1.79. The molecular formula is C10H26O7. The van der Waals surface area contributed by atoms with Crippen molar-refractivity contribution in [2.24, 2.45) is 0 Å². The predicted octanol–water partition coefficient (Wildman–Crippen LogP) is -1.95. The Labute approximate surface area is 102 Å². The molecular weight excluding hydrogens is 232 g/mol. The molecule has 0 aliphatic heterocycles. The van der Waals surface area contributed by atoms with Crippen LogP contribution in [0.25, 0.3) is 0 Å². The van der Waals surface area contributed by atoms with Gasteiger partial charge in [-0.05, 0) is 20.8 Å². The molecule has 0 bridgehead atoms. The molecule has 0 fully saturated rings. The summed E-state index contributed by atoms with van der Waals surface area (Å²) in [4.78, 5) is 0. The molecule has 0 rings (SSSR count). The first kappa shape index (κ1) is 21.9. The molecule has 108 valence electrons. The summed E-state index contributed by atoms with van der Waals surface area (Å²) >= 11 is 0. The quantitative estimate of drug-likeness (QED) is 0.316. The van der Waals surface area contributed by atoms with Crippen LogP contribution in [0, 0.1) is 0 Å². The van der Waals surface area contributed by atoms with Crippen LogP contribution >= 0.6 is 0 Å². The van der Waals surface area contributed by atoms with E-state index in [9.17, 15) is 0 Å². The lowest BCUT2D eigenvalue weighted by Gasteiger charge is -2.01. The fourth-order valence-electron chi connectivity index (χ4n) is 0.223. The van der Waals surface area contributed by atoms with Crippen molar-refractivity contribution >= 4 is 0 Å². The number of hydrogen-bond acceptors (Lipinski definition) is 7. The third-order valence-corrected chi connectivity index (χ3v) is 0.979. The van der Waals surface area contributed by atoms with Gasteiger partial charge in [0.1, 0.15) is 0 Å². The average Bonchev–Trinajstić information content (AvgIpc) is 2.27. The van der Waals surface area contributed by atoms with E-state index in [1.54, 1.807) is 0 Å². The Balaban J connectivity index is -0.000000177. The Morgan fingerprint density at radius 1 is 0.824 bits per heavy atom. The van der Waals surface area contributed by atoms with Crippen LogP contribution in [-0.2, 0) is 4.74 Å². The second-order valence-electron chi connectivity index (χ2n) is 3.26. The fourth-order valence-corrected chi connectivity index (χ4v) is 0.223. The minimum absolute atomic E-state index is 0.0368. The van der Waals surface area contributed by atoms with Crippen LogP contribution < -0.4 is 0 Å². The lowest BCUT2D eigenvalue weighted by molar-refractivity contribution is -0.0932. The maximum absolute atomic E-state index is 8.35. The predicted molar refractivity (Wildman–Crippen MR) is 62.3 cm³/mol. The van der Waals surface area contributed by atoms with Crippen molar-refractivity contribution in [2.45, 2.75) is 39.3 Å². The van der Waals surface area contributed by atoms with Crippen molar-refractivity contribution < 1.29 is 35.4 Å². The maximum atomic E-state index is 8.35. The number of rotatable bonds is 5. The van der Waals surface area contributed by atoms with Crippen LogP contribution in [0.15, 0.2) is 0 Å². The summed E-state index contributed by atoms with van der Waals surface area (Å²) in [7, 11) is 0. The first-order valence-electron chi connectivity index (χ1n) is 5.30. The second kappa shape index (κ2) is 18.1. The van der Waals surface area contributed by atoms with Crippen LogP contribution in [0.1, 0.15) is 20.8 Å². The first-order chi connectivity index (χ1) is 7.81. The standard InChI is InChI=1S/C4H10O3.2C3H8O2/c1-4(6)7-3-2-5;2*1-3(5)2-4/h4-6H,2-3H2,1H3;2*3-5H,2H2,1H3. The Morgan fingerprint density at radius 3 is 1.18 bits per heavy atom. The number of ether oxygens (including phenoxy) is 1. The number of hydrogen-bond donors (Lipinski definition) is 6. The molecule has 0 saturated carbocycles. The van der Waals surface area contributed by atoms with Gasteiger partial charge in [0.05, 0.1) is 38.6 Å². The summed E-state index contributed by atoms with van der Waals surface area (Å²) < 4.78 is 4.50. The summed E-state index contributed by atoms with van der Waals surface area (Å²) in [5.41, 5.74) is 0. The van der Waals surface area contributed by atoms with Crippen LogP contribution in [0.3, 0.4) is 0 Å². The van der Waals surface area contributed by atoms with Gasteiger partial charge in [0.2, 0.25) is 0 Å². The molecule has 0 radical (unpaired) electrons. The van der Waals surface area contributed by atoms with E-state index in [1.807, 2.05) is 0 Å². The fraction of sp³-hybridized carbons (Fsp3) is 1.00. The maximum Gasteiger partial charge on any atom is 0.151 e. The second-order valence-corrected chi connectivity index (χ2v) is 3.26. The Bertz CT molecular complexity index is 109. The molecule has 6 N–H and O–H groups in total. The van der Waals surface area contributed by atoms with Crippen molar-refractivity contribution in [3.05, 3.63) is 0 Å². The SMILES string of the molecule is CC(O)CO.CC(O)CO.CC(O)OCCO. The molecule has 0 aliphatic rings. The van der Waals surface area contributed by atoms with Gasteiger partial charge in [0.15, 0.2) is 6.29 Å². The zero-order chi connectivity index (χ0) is 14.3. The molecule has 0 aromatic heterocycles. The summed E-state index contributed by atoms with van der Waals surface area (Å²) in [6.07, 6.45) is -1.88. The highest BCUT2D eigenvalue weighted by Gasteiger charge is 1.89. The summed E-state index contributed by atoms with van der Waals surface area (Å²) in [5.74, 6) is 0. The van der Waals surface area contributed by atoms with Gasteiger partial charge < -0.3 is 35.4 Å². The van der Waals surface area contributed by atoms with E-state index in [0.717, 1.165) is 0 Å². The van der Waals surface area contributed by atoms with Gasteiger partial charge in [-0.25, -0.2) is 0 Å². The number of aliphatic hydroxyl groups excluding tert-OH is 6. The van der Waals surface area contributed by atoms with Gasteiger partial charge in [-0.1, -0.05) is 0 Å². The van der Waals surface area contributed by atoms with Crippen molar-refractivity contribution in [3.63, 3.8) is 0 Å². The Hall–Kier alpha value is -0.280. The van der Waals surface area contributed by atoms with Crippen molar-refractivity contribution in [2.75, 3.05) is 26.4 Å². The average molecular weight is 258 g/mol. The zero-order valence-electron chi connectivity index (χ0n) is 10.7. The molecule has 3 unspecified atom stereocenters. The van der Waals surface area contributed by atoms with Crippen LogP contribution in [0.2, 0.25) is 0 Å². The molecule has 7 nitrogen and oxygen atoms in total. The highest BCUT2D eigenvalue weighted by molar-refractivity contribution is 4.34. The minimum Gasteiger partial charge on any atom is -0.394 e. The van der Waals surface area contributed by atoms with Gasteiger partial charge in [-0.3, -0.25) is 0 Å². The van der Waals surface area contributed by atoms with Crippen LogP contribution in [0.5, 0.6) is 0 Å². The third kappa shape index (κ3) is 49.7. The molecule has 0 amide bonds. The molecule has 0 heterocycles. The van der Waals surface area contributed by atoms with Crippen molar-refractivity contribution in [1.29, 1.82) is 0 Å². The normalized spacial score (nSPS) is 14.6. The van der Waals surface area contributed by atoms with Gasteiger partial charge in [-0.15, -0.1) is 0 Å². The first-order valence-corrected chi connectivity index (χ1v) is 5.30. The van der Waals surface area contributed by atoms with Gasteiger partial charge in [-0.2, -0.15) is 0 Å². The Morgan fingerprint density at radius 2 is 1.12 bits per heavy atom. The molecule has 0 aromatic rings. The largest absolute Gasteiger partial charge is 0.394 e. The molecule has 7 heteroatoms. The molecule has 17 heavy (non-hydrogen) atoms. The third-order valence-electron chi connectivity index (χ3n) is 0.979. The summed E-state index contributed by atoms with van der Waals surface area (Å²) in [5, 5.41) is 48.4. The lowest BCUT2D eigenvalue weighted by Crippen LogP contribution is -2.09.